The van der Waals surface area contributed by atoms with Crippen molar-refractivity contribution in [1.29, 1.82) is 0 Å². The number of Topliss-reactive ketones (excluding diaryl/α,β-unsaturated/α-hetero) is 1. The van der Waals surface area contributed by atoms with Gasteiger partial charge in [0.15, 0.2) is 5.78 Å². The van der Waals surface area contributed by atoms with Gasteiger partial charge >= 0.3 is 0 Å². The van der Waals surface area contributed by atoms with Crippen molar-refractivity contribution in [3.8, 4) is 0 Å². The molecule has 0 amide bonds. The average Bonchev–Trinajstić information content (AvgIpc) is 2.72. The van der Waals surface area contributed by atoms with E-state index >= 15 is 0 Å². The molecule has 0 aliphatic heterocycles. The maximum atomic E-state index is 11.5. The van der Waals surface area contributed by atoms with Crippen LogP contribution < -0.4 is 0 Å². The molecule has 2 aliphatic carbocycles. The molecule has 1 fully saturated rings. The topological polar surface area (TPSA) is 17.1 Å². The molecule has 2 rings (SSSR count). The molecule has 1 unspecified atom stereocenters. The third-order valence-electron chi connectivity index (χ3n) is 4.60. The minimum Gasteiger partial charge on any atom is -0.295 e. The van der Waals surface area contributed by atoms with E-state index < -0.39 is 0 Å². The number of rotatable bonds is 2. The van der Waals surface area contributed by atoms with Crippen LogP contribution in [0.4, 0.5) is 0 Å². The number of allylic oxidation sites excluding steroid dienone is 4. The maximum Gasteiger partial charge on any atom is 0.158 e. The molecular weight excluding hydrogens is 196 g/mol. The zero-order valence-corrected chi connectivity index (χ0v) is 10.7. The van der Waals surface area contributed by atoms with Gasteiger partial charge in [0.25, 0.3) is 0 Å². The van der Waals surface area contributed by atoms with E-state index in [1.54, 1.807) is 0 Å². The van der Waals surface area contributed by atoms with E-state index in [-0.39, 0.29) is 0 Å². The van der Waals surface area contributed by atoms with Crippen molar-refractivity contribution in [2.75, 3.05) is 0 Å². The first kappa shape index (κ1) is 11.6. The summed E-state index contributed by atoms with van der Waals surface area (Å²) in [6.07, 6.45) is 9.68. The SMILES string of the molecule is CC1=CCC(CC=C2CCCC2=O)C1(C)C. The van der Waals surface area contributed by atoms with Crippen LogP contribution in [0, 0.1) is 11.3 Å². The summed E-state index contributed by atoms with van der Waals surface area (Å²) in [5.41, 5.74) is 2.92. The minimum atomic E-state index is 0.318. The van der Waals surface area contributed by atoms with Crippen LogP contribution in [0.3, 0.4) is 0 Å². The van der Waals surface area contributed by atoms with E-state index in [1.807, 2.05) is 0 Å². The summed E-state index contributed by atoms with van der Waals surface area (Å²) >= 11 is 0. The Bertz CT molecular complexity index is 358. The summed E-state index contributed by atoms with van der Waals surface area (Å²) < 4.78 is 0. The highest BCUT2D eigenvalue weighted by Gasteiger charge is 2.34. The van der Waals surface area contributed by atoms with Crippen molar-refractivity contribution in [2.45, 2.75) is 52.9 Å². The first-order valence-corrected chi connectivity index (χ1v) is 6.41. The summed E-state index contributed by atoms with van der Waals surface area (Å²) in [7, 11) is 0. The molecule has 0 N–H and O–H groups in total. The largest absolute Gasteiger partial charge is 0.295 e. The molecule has 0 aromatic carbocycles. The highest BCUT2D eigenvalue weighted by Crippen LogP contribution is 2.45. The Morgan fingerprint density at radius 1 is 1.44 bits per heavy atom. The molecule has 0 bridgehead atoms. The van der Waals surface area contributed by atoms with Gasteiger partial charge in [0.05, 0.1) is 0 Å². The zero-order valence-electron chi connectivity index (χ0n) is 10.7. The first-order valence-electron chi connectivity index (χ1n) is 6.41. The van der Waals surface area contributed by atoms with Crippen molar-refractivity contribution in [2.24, 2.45) is 11.3 Å². The van der Waals surface area contributed by atoms with Gasteiger partial charge in [-0.25, -0.2) is 0 Å². The van der Waals surface area contributed by atoms with Crippen molar-refractivity contribution in [3.63, 3.8) is 0 Å². The summed E-state index contributed by atoms with van der Waals surface area (Å²) in [5, 5.41) is 0. The Morgan fingerprint density at radius 3 is 2.69 bits per heavy atom. The van der Waals surface area contributed by atoms with E-state index in [0.717, 1.165) is 31.3 Å². The standard InChI is InChI=1S/C15H22O/c1-11-7-9-13(15(11,2)3)10-8-12-5-4-6-14(12)16/h7-8,13H,4-6,9-10H2,1-3H3. The second kappa shape index (κ2) is 4.20. The monoisotopic (exact) mass is 218 g/mol. The van der Waals surface area contributed by atoms with E-state index in [4.69, 9.17) is 0 Å². The summed E-state index contributed by atoms with van der Waals surface area (Å²) in [6.45, 7) is 6.88. The molecule has 88 valence electrons. The van der Waals surface area contributed by atoms with Crippen molar-refractivity contribution >= 4 is 5.78 Å². The van der Waals surface area contributed by atoms with E-state index in [9.17, 15) is 4.79 Å². The minimum absolute atomic E-state index is 0.318. The number of hydrogen-bond donors (Lipinski definition) is 0. The van der Waals surface area contributed by atoms with Crippen molar-refractivity contribution < 1.29 is 4.79 Å². The molecular formula is C15H22O. The summed E-state index contributed by atoms with van der Waals surface area (Å²) in [4.78, 5) is 11.5. The molecule has 0 aromatic rings. The quantitative estimate of drug-likeness (QED) is 0.505. The van der Waals surface area contributed by atoms with E-state index in [1.165, 1.54) is 12.0 Å². The van der Waals surface area contributed by atoms with Crippen molar-refractivity contribution in [3.05, 3.63) is 23.3 Å². The summed E-state index contributed by atoms with van der Waals surface area (Å²) in [6, 6.07) is 0. The molecule has 0 heterocycles. The number of carbonyl (C=O) groups excluding carboxylic acids is 1. The van der Waals surface area contributed by atoms with Crippen LogP contribution in [0.1, 0.15) is 52.9 Å². The van der Waals surface area contributed by atoms with Gasteiger partial charge in [-0.15, -0.1) is 0 Å². The van der Waals surface area contributed by atoms with Crippen LogP contribution in [0.5, 0.6) is 0 Å². The lowest BCUT2D eigenvalue weighted by atomic mass is 9.76. The Hall–Kier alpha value is -0.850. The fourth-order valence-corrected chi connectivity index (χ4v) is 2.83. The van der Waals surface area contributed by atoms with Crippen LogP contribution in [0.25, 0.3) is 0 Å². The third kappa shape index (κ3) is 2.00. The Balaban J connectivity index is 2.00. The van der Waals surface area contributed by atoms with Gasteiger partial charge in [0.1, 0.15) is 0 Å². The second-order valence-corrected chi connectivity index (χ2v) is 5.78. The third-order valence-corrected chi connectivity index (χ3v) is 4.60. The molecule has 0 saturated heterocycles. The Morgan fingerprint density at radius 2 is 2.19 bits per heavy atom. The normalized spacial score (nSPS) is 31.2. The van der Waals surface area contributed by atoms with Gasteiger partial charge in [-0.3, -0.25) is 4.79 Å². The van der Waals surface area contributed by atoms with Gasteiger partial charge < -0.3 is 0 Å². The van der Waals surface area contributed by atoms with Crippen molar-refractivity contribution in [1.82, 2.24) is 0 Å². The lowest BCUT2D eigenvalue weighted by molar-refractivity contribution is -0.114. The lowest BCUT2D eigenvalue weighted by Crippen LogP contribution is -2.19. The Kier molecular flexibility index (Phi) is 3.05. The molecule has 2 aliphatic rings. The van der Waals surface area contributed by atoms with Gasteiger partial charge in [-0.1, -0.05) is 31.6 Å². The number of hydrogen-bond acceptors (Lipinski definition) is 1. The molecule has 0 aromatic heterocycles. The highest BCUT2D eigenvalue weighted by molar-refractivity contribution is 5.97. The molecule has 1 heteroatoms. The van der Waals surface area contributed by atoms with Crippen LogP contribution in [-0.2, 0) is 4.79 Å². The fraction of sp³-hybridized carbons (Fsp3) is 0.667. The maximum absolute atomic E-state index is 11.5. The van der Waals surface area contributed by atoms with Gasteiger partial charge in [-0.05, 0) is 49.5 Å². The predicted octanol–water partition coefficient (Wildman–Crippen LogP) is 4.05. The second-order valence-electron chi connectivity index (χ2n) is 5.78. The molecule has 0 spiro atoms. The molecule has 1 saturated carbocycles. The fourth-order valence-electron chi connectivity index (χ4n) is 2.83. The Labute approximate surface area is 98.6 Å². The average molecular weight is 218 g/mol. The van der Waals surface area contributed by atoms with Gasteiger partial charge in [0, 0.05) is 6.42 Å². The smallest absolute Gasteiger partial charge is 0.158 e. The lowest BCUT2D eigenvalue weighted by Gasteiger charge is -2.29. The van der Waals surface area contributed by atoms with Gasteiger partial charge in [-0.2, -0.15) is 0 Å². The number of carbonyl (C=O) groups is 1. The molecule has 16 heavy (non-hydrogen) atoms. The summed E-state index contributed by atoms with van der Waals surface area (Å²) in [5.74, 6) is 1.08. The van der Waals surface area contributed by atoms with Crippen LogP contribution in [0.2, 0.25) is 0 Å². The molecule has 1 nitrogen and oxygen atoms in total. The van der Waals surface area contributed by atoms with Crippen LogP contribution in [-0.4, -0.2) is 5.78 Å². The number of ketones is 1. The highest BCUT2D eigenvalue weighted by atomic mass is 16.1. The van der Waals surface area contributed by atoms with Gasteiger partial charge in [0.2, 0.25) is 0 Å². The van der Waals surface area contributed by atoms with Crippen LogP contribution in [0.15, 0.2) is 23.3 Å². The first-order chi connectivity index (χ1) is 7.51. The van der Waals surface area contributed by atoms with E-state index in [2.05, 4.69) is 32.9 Å². The van der Waals surface area contributed by atoms with Crippen LogP contribution >= 0.6 is 0 Å². The predicted molar refractivity (Wildman–Crippen MR) is 67.2 cm³/mol. The van der Waals surface area contributed by atoms with E-state index in [0.29, 0.717) is 17.1 Å². The molecule has 0 radical (unpaired) electrons. The molecule has 1 atom stereocenters. The zero-order chi connectivity index (χ0) is 11.8.